The van der Waals surface area contributed by atoms with Crippen molar-refractivity contribution in [2.75, 3.05) is 33.5 Å². The number of ether oxygens (including phenoxy) is 3. The number of benzene rings is 1. The highest BCUT2D eigenvalue weighted by Gasteiger charge is 2.20. The van der Waals surface area contributed by atoms with Gasteiger partial charge in [0.15, 0.2) is 0 Å². The van der Waals surface area contributed by atoms with E-state index in [4.69, 9.17) is 19.9 Å². The molecule has 4 nitrogen and oxygen atoms in total. The number of methoxy groups -OCH3 is 1. The summed E-state index contributed by atoms with van der Waals surface area (Å²) in [6.07, 6.45) is 1.71. The average molecular weight is 295 g/mol. The second-order valence-electron chi connectivity index (χ2n) is 5.18. The summed E-state index contributed by atoms with van der Waals surface area (Å²) in [6, 6.07) is 8.29. The molecule has 0 aromatic heterocycles. The Kier molecular flexibility index (Phi) is 9.26. The third kappa shape index (κ3) is 6.57. The molecule has 0 aliphatic heterocycles. The van der Waals surface area contributed by atoms with Crippen LogP contribution in [0.5, 0.6) is 0 Å². The fourth-order valence-electron chi connectivity index (χ4n) is 2.18. The molecule has 0 spiro atoms. The maximum absolute atomic E-state index is 6.23. The van der Waals surface area contributed by atoms with Gasteiger partial charge in [0.1, 0.15) is 0 Å². The van der Waals surface area contributed by atoms with Crippen LogP contribution < -0.4 is 5.73 Å². The minimum Gasteiger partial charge on any atom is -0.382 e. The summed E-state index contributed by atoms with van der Waals surface area (Å²) >= 11 is 0. The lowest BCUT2D eigenvalue weighted by molar-refractivity contribution is 0.0110. The Hall–Kier alpha value is -0.940. The van der Waals surface area contributed by atoms with Crippen molar-refractivity contribution in [2.24, 2.45) is 5.73 Å². The zero-order valence-electron chi connectivity index (χ0n) is 13.5. The van der Waals surface area contributed by atoms with Crippen LogP contribution >= 0.6 is 0 Å². The normalized spacial score (nSPS) is 14.1. The molecule has 0 aliphatic rings. The van der Waals surface area contributed by atoms with Crippen molar-refractivity contribution >= 4 is 0 Å². The molecule has 4 heteroatoms. The van der Waals surface area contributed by atoms with Crippen LogP contribution in [0.4, 0.5) is 0 Å². The lowest BCUT2D eigenvalue weighted by Crippen LogP contribution is -2.30. The van der Waals surface area contributed by atoms with Crippen molar-refractivity contribution in [1.82, 2.24) is 0 Å². The standard InChI is InChI=1S/C17H29NO3/c1-4-16(18)17(15-9-6-5-8-14(15)2)21-11-7-10-20-13-12-19-3/h5-6,8-9,16-17H,4,7,10-13,18H2,1-3H3. The van der Waals surface area contributed by atoms with Crippen LogP contribution in [-0.2, 0) is 14.2 Å². The molecule has 1 aromatic rings. The molecule has 0 saturated heterocycles. The second kappa shape index (κ2) is 10.7. The molecule has 0 heterocycles. The summed E-state index contributed by atoms with van der Waals surface area (Å²) < 4.78 is 16.4. The lowest BCUT2D eigenvalue weighted by Gasteiger charge is -2.25. The van der Waals surface area contributed by atoms with E-state index in [2.05, 4.69) is 26.0 Å². The minimum absolute atomic E-state index is 0.0144. The van der Waals surface area contributed by atoms with Crippen LogP contribution in [0.15, 0.2) is 24.3 Å². The summed E-state index contributed by atoms with van der Waals surface area (Å²) in [4.78, 5) is 0. The molecule has 2 atom stereocenters. The van der Waals surface area contributed by atoms with Crippen LogP contribution in [0.25, 0.3) is 0 Å². The van der Waals surface area contributed by atoms with Crippen molar-refractivity contribution in [3.63, 3.8) is 0 Å². The van der Waals surface area contributed by atoms with Gasteiger partial charge < -0.3 is 19.9 Å². The van der Waals surface area contributed by atoms with Gasteiger partial charge in [-0.05, 0) is 30.9 Å². The molecular formula is C17H29NO3. The third-order valence-corrected chi connectivity index (χ3v) is 3.52. The molecule has 2 N–H and O–H groups in total. The predicted molar refractivity (Wildman–Crippen MR) is 85.5 cm³/mol. The zero-order valence-corrected chi connectivity index (χ0v) is 13.5. The van der Waals surface area contributed by atoms with Gasteiger partial charge in [0.25, 0.3) is 0 Å². The van der Waals surface area contributed by atoms with Gasteiger partial charge in [-0.15, -0.1) is 0 Å². The fraction of sp³-hybridized carbons (Fsp3) is 0.647. The quantitative estimate of drug-likeness (QED) is 0.638. The van der Waals surface area contributed by atoms with E-state index in [-0.39, 0.29) is 12.1 Å². The van der Waals surface area contributed by atoms with E-state index in [0.29, 0.717) is 26.4 Å². The van der Waals surface area contributed by atoms with Gasteiger partial charge in [-0.3, -0.25) is 0 Å². The molecular weight excluding hydrogens is 266 g/mol. The van der Waals surface area contributed by atoms with E-state index in [1.807, 2.05) is 12.1 Å². The van der Waals surface area contributed by atoms with Crippen LogP contribution in [0.3, 0.4) is 0 Å². The Morgan fingerprint density at radius 3 is 2.52 bits per heavy atom. The Morgan fingerprint density at radius 1 is 1.10 bits per heavy atom. The number of rotatable bonds is 11. The molecule has 2 unspecified atom stereocenters. The highest BCUT2D eigenvalue weighted by molar-refractivity contribution is 5.28. The van der Waals surface area contributed by atoms with Crippen molar-refractivity contribution in [3.8, 4) is 0 Å². The summed E-state index contributed by atoms with van der Waals surface area (Å²) in [6.45, 7) is 6.79. The van der Waals surface area contributed by atoms with Crippen LogP contribution in [0.1, 0.15) is 37.0 Å². The minimum atomic E-state index is -0.0461. The Balaban J connectivity index is 2.43. The van der Waals surface area contributed by atoms with E-state index < -0.39 is 0 Å². The van der Waals surface area contributed by atoms with Gasteiger partial charge in [-0.25, -0.2) is 0 Å². The highest BCUT2D eigenvalue weighted by Crippen LogP contribution is 2.25. The molecule has 0 bridgehead atoms. The second-order valence-corrected chi connectivity index (χ2v) is 5.18. The average Bonchev–Trinajstić information content (AvgIpc) is 2.50. The van der Waals surface area contributed by atoms with Gasteiger partial charge in [0.2, 0.25) is 0 Å². The summed E-state index contributed by atoms with van der Waals surface area (Å²) in [5.41, 5.74) is 8.64. The Bertz CT molecular complexity index is 384. The monoisotopic (exact) mass is 295 g/mol. The predicted octanol–water partition coefficient (Wildman–Crippen LogP) is 2.84. The van der Waals surface area contributed by atoms with Crippen molar-refractivity contribution < 1.29 is 14.2 Å². The van der Waals surface area contributed by atoms with Crippen molar-refractivity contribution in [3.05, 3.63) is 35.4 Å². The first-order chi connectivity index (χ1) is 10.2. The fourth-order valence-corrected chi connectivity index (χ4v) is 2.18. The molecule has 0 radical (unpaired) electrons. The van der Waals surface area contributed by atoms with Crippen molar-refractivity contribution in [1.29, 1.82) is 0 Å². The van der Waals surface area contributed by atoms with E-state index in [1.165, 1.54) is 11.1 Å². The maximum atomic E-state index is 6.23. The molecule has 0 fully saturated rings. The molecule has 21 heavy (non-hydrogen) atoms. The summed E-state index contributed by atoms with van der Waals surface area (Å²) in [7, 11) is 1.67. The highest BCUT2D eigenvalue weighted by atomic mass is 16.5. The SMILES string of the molecule is CCC(N)C(OCCCOCCOC)c1ccccc1C. The Morgan fingerprint density at radius 2 is 1.86 bits per heavy atom. The number of nitrogens with two attached hydrogens (primary N) is 1. The largest absolute Gasteiger partial charge is 0.382 e. The topological polar surface area (TPSA) is 53.7 Å². The van der Waals surface area contributed by atoms with Crippen molar-refractivity contribution in [2.45, 2.75) is 38.8 Å². The van der Waals surface area contributed by atoms with E-state index in [0.717, 1.165) is 12.8 Å². The van der Waals surface area contributed by atoms with Crippen LogP contribution in [-0.4, -0.2) is 39.6 Å². The third-order valence-electron chi connectivity index (χ3n) is 3.52. The smallest absolute Gasteiger partial charge is 0.0978 e. The number of hydrogen-bond donors (Lipinski definition) is 1. The van der Waals surface area contributed by atoms with E-state index >= 15 is 0 Å². The molecule has 1 aromatic carbocycles. The molecule has 0 aliphatic carbocycles. The first-order valence-corrected chi connectivity index (χ1v) is 7.70. The van der Waals surface area contributed by atoms with Crippen LogP contribution in [0, 0.1) is 6.92 Å². The van der Waals surface area contributed by atoms with Gasteiger partial charge in [0.05, 0.1) is 19.3 Å². The molecule has 0 amide bonds. The molecule has 0 saturated carbocycles. The zero-order chi connectivity index (χ0) is 15.5. The van der Waals surface area contributed by atoms with Gasteiger partial charge >= 0.3 is 0 Å². The van der Waals surface area contributed by atoms with E-state index in [9.17, 15) is 0 Å². The molecule has 120 valence electrons. The lowest BCUT2D eigenvalue weighted by atomic mass is 9.97. The van der Waals surface area contributed by atoms with Gasteiger partial charge in [0, 0.05) is 26.4 Å². The number of aryl methyl sites for hydroxylation is 1. The first kappa shape index (κ1) is 18.1. The van der Waals surface area contributed by atoms with Crippen LogP contribution in [0.2, 0.25) is 0 Å². The van der Waals surface area contributed by atoms with E-state index in [1.54, 1.807) is 7.11 Å². The maximum Gasteiger partial charge on any atom is 0.0978 e. The molecule has 1 rings (SSSR count). The summed E-state index contributed by atoms with van der Waals surface area (Å²) in [5, 5.41) is 0. The van der Waals surface area contributed by atoms with Gasteiger partial charge in [-0.1, -0.05) is 31.2 Å². The Labute approximate surface area is 128 Å². The first-order valence-electron chi connectivity index (χ1n) is 7.70. The number of hydrogen-bond acceptors (Lipinski definition) is 4. The summed E-state index contributed by atoms with van der Waals surface area (Å²) in [5.74, 6) is 0. The van der Waals surface area contributed by atoms with Gasteiger partial charge in [-0.2, -0.15) is 0 Å².